The second-order valence-electron chi connectivity index (χ2n) is 7.64. The van der Waals surface area contributed by atoms with Crippen molar-refractivity contribution in [3.63, 3.8) is 0 Å². The van der Waals surface area contributed by atoms with Crippen LogP contribution in [0.25, 0.3) is 38.7 Å². The molecule has 2 aromatic heterocycles. The van der Waals surface area contributed by atoms with Crippen molar-refractivity contribution >= 4 is 33.4 Å². The number of methoxy groups -OCH3 is 3. The zero-order chi connectivity index (χ0) is 23.8. The molecule has 0 aliphatic carbocycles. The topological polar surface area (TPSA) is 71.3 Å². The van der Waals surface area contributed by atoms with Crippen LogP contribution in [0.1, 0.15) is 17.3 Å². The fraction of sp³-hybridized carbons (Fsp3) is 0.185. The van der Waals surface area contributed by atoms with Gasteiger partial charge in [-0.1, -0.05) is 42.5 Å². The van der Waals surface area contributed by atoms with Crippen molar-refractivity contribution in [2.75, 3.05) is 27.9 Å². The number of hydrogen-bond acceptors (Lipinski definition) is 6. The van der Waals surface area contributed by atoms with E-state index in [-0.39, 0.29) is 6.61 Å². The molecular formula is C27H24N2O5. The minimum atomic E-state index is -0.444. The molecule has 0 aliphatic heterocycles. The van der Waals surface area contributed by atoms with Crippen LogP contribution in [0.3, 0.4) is 0 Å². The number of nitrogens with zero attached hydrogens (tertiary/aromatic N) is 2. The van der Waals surface area contributed by atoms with Gasteiger partial charge in [0.2, 0.25) is 5.75 Å². The molecule has 0 aliphatic rings. The van der Waals surface area contributed by atoms with E-state index in [4.69, 9.17) is 23.9 Å². The summed E-state index contributed by atoms with van der Waals surface area (Å²) in [6, 6.07) is 19.4. The number of benzene rings is 3. The summed E-state index contributed by atoms with van der Waals surface area (Å²) in [6.07, 6.45) is 0. The molecule has 0 spiro atoms. The van der Waals surface area contributed by atoms with Gasteiger partial charge in [0.1, 0.15) is 5.65 Å². The standard InChI is InChI=1S/C27H24N2O5/c1-5-34-27(30)21-17-15-20(31-2)24(32-3)25(33-4)22(17)26-28-18-13-9-10-14-19(18)29(26)23(21)16-11-7-6-8-12-16/h6-15H,5H2,1-4H3. The fourth-order valence-corrected chi connectivity index (χ4v) is 4.51. The molecule has 7 nitrogen and oxygen atoms in total. The Morgan fingerprint density at radius 1 is 0.912 bits per heavy atom. The summed E-state index contributed by atoms with van der Waals surface area (Å²) in [5.41, 5.74) is 4.23. The molecule has 0 bridgehead atoms. The van der Waals surface area contributed by atoms with Gasteiger partial charge in [-0.15, -0.1) is 0 Å². The lowest BCUT2D eigenvalue weighted by Crippen LogP contribution is -2.12. The lowest BCUT2D eigenvalue weighted by molar-refractivity contribution is 0.0529. The lowest BCUT2D eigenvalue weighted by atomic mass is 9.97. The highest BCUT2D eigenvalue weighted by molar-refractivity contribution is 6.17. The van der Waals surface area contributed by atoms with Crippen molar-refractivity contribution in [3.05, 3.63) is 66.2 Å². The Labute approximate surface area is 196 Å². The Bertz CT molecular complexity index is 1540. The van der Waals surface area contributed by atoms with Crippen molar-refractivity contribution in [3.8, 4) is 28.5 Å². The average molecular weight is 456 g/mol. The van der Waals surface area contributed by atoms with Crippen LogP contribution in [-0.2, 0) is 4.74 Å². The molecular weight excluding hydrogens is 432 g/mol. The number of pyridine rings is 1. The number of ether oxygens (including phenoxy) is 4. The molecule has 0 saturated carbocycles. The van der Waals surface area contributed by atoms with Gasteiger partial charge in [0, 0.05) is 5.39 Å². The second kappa shape index (κ2) is 8.59. The average Bonchev–Trinajstić information content (AvgIpc) is 3.26. The molecule has 0 atom stereocenters. The van der Waals surface area contributed by atoms with Crippen LogP contribution in [-0.4, -0.2) is 43.3 Å². The van der Waals surface area contributed by atoms with Gasteiger partial charge in [-0.05, 0) is 30.7 Å². The quantitative estimate of drug-likeness (QED) is 0.314. The smallest absolute Gasteiger partial charge is 0.340 e. The fourth-order valence-electron chi connectivity index (χ4n) is 4.51. The van der Waals surface area contributed by atoms with E-state index < -0.39 is 5.97 Å². The van der Waals surface area contributed by atoms with Crippen LogP contribution in [0.5, 0.6) is 17.2 Å². The number of hydrogen-bond donors (Lipinski definition) is 0. The molecule has 0 unspecified atom stereocenters. The molecule has 2 heterocycles. The first kappa shape index (κ1) is 21.6. The van der Waals surface area contributed by atoms with Crippen molar-refractivity contribution in [1.29, 1.82) is 0 Å². The third kappa shape index (κ3) is 3.12. The molecule has 7 heteroatoms. The number of fused-ring (bicyclic) bond motifs is 5. The molecule has 0 radical (unpaired) electrons. The summed E-state index contributed by atoms with van der Waals surface area (Å²) in [5, 5.41) is 1.24. The van der Waals surface area contributed by atoms with Gasteiger partial charge in [0.25, 0.3) is 0 Å². The number of rotatable bonds is 6. The number of aromatic nitrogens is 2. The number of para-hydroxylation sites is 2. The maximum atomic E-state index is 13.5. The summed E-state index contributed by atoms with van der Waals surface area (Å²) in [4.78, 5) is 18.5. The van der Waals surface area contributed by atoms with Gasteiger partial charge in [0.05, 0.1) is 55.6 Å². The Morgan fingerprint density at radius 2 is 1.62 bits per heavy atom. The van der Waals surface area contributed by atoms with Crippen LogP contribution in [0.15, 0.2) is 60.7 Å². The van der Waals surface area contributed by atoms with Crippen molar-refractivity contribution in [2.45, 2.75) is 6.92 Å². The van der Waals surface area contributed by atoms with Crippen molar-refractivity contribution in [2.24, 2.45) is 0 Å². The maximum absolute atomic E-state index is 13.5. The van der Waals surface area contributed by atoms with E-state index in [1.165, 1.54) is 0 Å². The van der Waals surface area contributed by atoms with Gasteiger partial charge < -0.3 is 18.9 Å². The van der Waals surface area contributed by atoms with Crippen molar-refractivity contribution < 1.29 is 23.7 Å². The molecule has 0 N–H and O–H groups in total. The van der Waals surface area contributed by atoms with E-state index >= 15 is 0 Å². The highest BCUT2D eigenvalue weighted by Crippen LogP contribution is 2.48. The van der Waals surface area contributed by atoms with Crippen LogP contribution in [0, 0.1) is 0 Å². The third-order valence-corrected chi connectivity index (χ3v) is 5.87. The minimum Gasteiger partial charge on any atom is -0.493 e. The normalized spacial score (nSPS) is 11.2. The molecule has 5 aromatic rings. The first-order chi connectivity index (χ1) is 16.6. The Balaban J connectivity index is 2.14. The highest BCUT2D eigenvalue weighted by Gasteiger charge is 2.29. The number of carbonyl (C=O) groups excluding carboxylic acids is 1. The zero-order valence-electron chi connectivity index (χ0n) is 19.4. The number of esters is 1. The van der Waals surface area contributed by atoms with E-state index in [0.29, 0.717) is 44.9 Å². The van der Waals surface area contributed by atoms with Gasteiger partial charge in [-0.3, -0.25) is 4.40 Å². The molecule has 5 rings (SSSR count). The number of imidazole rings is 1. The predicted octanol–water partition coefficient (Wildman–Crippen LogP) is 5.51. The van der Waals surface area contributed by atoms with Gasteiger partial charge in [-0.2, -0.15) is 0 Å². The van der Waals surface area contributed by atoms with Crippen molar-refractivity contribution in [1.82, 2.24) is 9.38 Å². The molecule has 3 aromatic carbocycles. The third-order valence-electron chi connectivity index (χ3n) is 5.87. The Morgan fingerprint density at radius 3 is 2.29 bits per heavy atom. The first-order valence-electron chi connectivity index (χ1n) is 10.9. The van der Waals surface area contributed by atoms with E-state index in [9.17, 15) is 4.79 Å². The molecule has 0 saturated heterocycles. The molecule has 172 valence electrons. The predicted molar refractivity (Wildman–Crippen MR) is 131 cm³/mol. The Kier molecular flexibility index (Phi) is 5.45. The Hall–Kier alpha value is -4.26. The summed E-state index contributed by atoms with van der Waals surface area (Å²) in [7, 11) is 4.66. The summed E-state index contributed by atoms with van der Waals surface area (Å²) < 4.78 is 24.6. The molecule has 0 fully saturated rings. The second-order valence-corrected chi connectivity index (χ2v) is 7.64. The zero-order valence-corrected chi connectivity index (χ0v) is 19.4. The number of carbonyl (C=O) groups is 1. The minimum absolute atomic E-state index is 0.238. The van der Waals surface area contributed by atoms with Crippen LogP contribution < -0.4 is 14.2 Å². The summed E-state index contributed by atoms with van der Waals surface area (Å²) in [5.74, 6) is 0.855. The maximum Gasteiger partial charge on any atom is 0.340 e. The van der Waals surface area contributed by atoms with E-state index in [1.54, 1.807) is 34.3 Å². The van der Waals surface area contributed by atoms with Crippen LogP contribution >= 0.6 is 0 Å². The van der Waals surface area contributed by atoms with Gasteiger partial charge >= 0.3 is 5.97 Å². The molecule has 0 amide bonds. The lowest BCUT2D eigenvalue weighted by Gasteiger charge is -2.20. The largest absolute Gasteiger partial charge is 0.493 e. The van der Waals surface area contributed by atoms with E-state index in [2.05, 4.69) is 0 Å². The van der Waals surface area contributed by atoms with E-state index in [0.717, 1.165) is 16.6 Å². The van der Waals surface area contributed by atoms with Crippen LogP contribution in [0.4, 0.5) is 0 Å². The highest BCUT2D eigenvalue weighted by atomic mass is 16.5. The van der Waals surface area contributed by atoms with Gasteiger partial charge in [0.15, 0.2) is 11.5 Å². The summed E-state index contributed by atoms with van der Waals surface area (Å²) in [6.45, 7) is 2.03. The molecule has 34 heavy (non-hydrogen) atoms. The SMILES string of the molecule is CCOC(=O)c1c(-c2ccccc2)n2c3ccccc3nc2c2c(OC)c(OC)c(OC)cc12. The first-order valence-corrected chi connectivity index (χ1v) is 10.9. The summed E-state index contributed by atoms with van der Waals surface area (Å²) >= 11 is 0. The van der Waals surface area contributed by atoms with Gasteiger partial charge in [-0.25, -0.2) is 9.78 Å². The van der Waals surface area contributed by atoms with E-state index in [1.807, 2.05) is 59.0 Å². The monoisotopic (exact) mass is 456 g/mol. The van der Waals surface area contributed by atoms with Crippen LogP contribution in [0.2, 0.25) is 0 Å².